The first-order valence-corrected chi connectivity index (χ1v) is 8.11. The van der Waals surface area contributed by atoms with Crippen molar-refractivity contribution in [2.75, 3.05) is 18.0 Å². The van der Waals surface area contributed by atoms with E-state index in [2.05, 4.69) is 4.90 Å². The monoisotopic (exact) mass is 330 g/mol. The Morgan fingerprint density at radius 1 is 1.29 bits per heavy atom. The Kier molecular flexibility index (Phi) is 4.32. The lowest BCUT2D eigenvalue weighted by Crippen LogP contribution is -2.45. The summed E-state index contributed by atoms with van der Waals surface area (Å²) in [4.78, 5) is 13.0. The van der Waals surface area contributed by atoms with Crippen molar-refractivity contribution in [1.29, 1.82) is 0 Å². The molecule has 2 heterocycles. The molecular formula is C18H22N2O4. The van der Waals surface area contributed by atoms with E-state index in [0.29, 0.717) is 5.58 Å². The minimum absolute atomic E-state index is 0.0719. The lowest BCUT2D eigenvalue weighted by atomic mass is 10.1. The van der Waals surface area contributed by atoms with Gasteiger partial charge in [-0.15, -0.1) is 0 Å². The third-order valence-electron chi connectivity index (χ3n) is 4.04. The summed E-state index contributed by atoms with van der Waals surface area (Å²) in [5.41, 5.74) is 2.76. The van der Waals surface area contributed by atoms with Crippen LogP contribution in [0.15, 0.2) is 28.2 Å². The average Bonchev–Trinajstić information content (AvgIpc) is 2.81. The van der Waals surface area contributed by atoms with Crippen LogP contribution in [0.1, 0.15) is 33.5 Å². The molecule has 24 heavy (non-hydrogen) atoms. The molecule has 1 saturated heterocycles. The largest absolute Gasteiger partial charge is 0.454 e. The highest BCUT2D eigenvalue weighted by Gasteiger charge is 2.28. The first-order chi connectivity index (χ1) is 11.3. The summed E-state index contributed by atoms with van der Waals surface area (Å²) >= 11 is 0. The summed E-state index contributed by atoms with van der Waals surface area (Å²) in [6.07, 6.45) is 2.17. The molecule has 1 fully saturated rings. The number of rotatable bonds is 3. The second kappa shape index (κ2) is 6.28. The van der Waals surface area contributed by atoms with Crippen LogP contribution in [0.4, 0.5) is 11.4 Å². The quantitative estimate of drug-likeness (QED) is 0.617. The molecule has 0 saturated carbocycles. The van der Waals surface area contributed by atoms with Crippen molar-refractivity contribution in [3.05, 3.63) is 39.6 Å². The smallest absolute Gasteiger partial charge is 0.270 e. The standard InChI is InChI=1S/C18H22N2O4/c1-11(2)7-17-18(19-9-12(3)23-13(4)10-19)15-8-14(20(21)22)5-6-16(15)24-17/h5-8,12-13H,9-10H2,1-4H3/t12-,13-/m1/s1. The number of nitro groups is 1. The molecule has 0 spiro atoms. The lowest BCUT2D eigenvalue weighted by molar-refractivity contribution is -0.384. The van der Waals surface area contributed by atoms with Gasteiger partial charge in [0.05, 0.1) is 28.2 Å². The molecule has 0 unspecified atom stereocenters. The molecule has 0 bridgehead atoms. The van der Waals surface area contributed by atoms with Gasteiger partial charge in [-0.3, -0.25) is 10.1 Å². The highest BCUT2D eigenvalue weighted by molar-refractivity contribution is 5.97. The van der Waals surface area contributed by atoms with Gasteiger partial charge in [0, 0.05) is 25.2 Å². The molecule has 2 atom stereocenters. The van der Waals surface area contributed by atoms with Gasteiger partial charge < -0.3 is 14.1 Å². The Morgan fingerprint density at radius 2 is 1.96 bits per heavy atom. The van der Waals surface area contributed by atoms with Crippen molar-refractivity contribution in [3.63, 3.8) is 0 Å². The Labute approximate surface area is 140 Å². The van der Waals surface area contributed by atoms with Crippen LogP contribution in [-0.4, -0.2) is 30.2 Å². The lowest BCUT2D eigenvalue weighted by Gasteiger charge is -2.36. The van der Waals surface area contributed by atoms with Crippen molar-refractivity contribution >= 4 is 28.4 Å². The predicted molar refractivity (Wildman–Crippen MR) is 94.4 cm³/mol. The molecule has 1 aliphatic rings. The third-order valence-corrected chi connectivity index (χ3v) is 4.04. The zero-order valence-electron chi connectivity index (χ0n) is 14.4. The summed E-state index contributed by atoms with van der Waals surface area (Å²) in [7, 11) is 0. The Hall–Kier alpha value is -2.34. The number of fused-ring (bicyclic) bond motifs is 1. The molecule has 1 aromatic heterocycles. The van der Waals surface area contributed by atoms with Gasteiger partial charge in [0.1, 0.15) is 5.58 Å². The minimum Gasteiger partial charge on any atom is -0.454 e. The highest BCUT2D eigenvalue weighted by Crippen LogP contribution is 2.38. The van der Waals surface area contributed by atoms with Gasteiger partial charge in [-0.2, -0.15) is 0 Å². The minimum atomic E-state index is -0.374. The Balaban J connectivity index is 2.19. The van der Waals surface area contributed by atoms with Gasteiger partial charge in [0.25, 0.3) is 5.69 Å². The number of hydrogen-bond donors (Lipinski definition) is 0. The van der Waals surface area contributed by atoms with Crippen molar-refractivity contribution in [3.8, 4) is 0 Å². The number of hydrogen-bond acceptors (Lipinski definition) is 5. The van der Waals surface area contributed by atoms with Crippen LogP contribution < -0.4 is 4.90 Å². The van der Waals surface area contributed by atoms with Gasteiger partial charge in [0.15, 0.2) is 5.76 Å². The topological polar surface area (TPSA) is 68.8 Å². The van der Waals surface area contributed by atoms with Crippen LogP contribution in [-0.2, 0) is 4.74 Å². The first kappa shape index (κ1) is 16.5. The summed E-state index contributed by atoms with van der Waals surface area (Å²) in [6, 6.07) is 4.75. The number of benzene rings is 1. The van der Waals surface area contributed by atoms with Gasteiger partial charge >= 0.3 is 0 Å². The van der Waals surface area contributed by atoms with Gasteiger partial charge in [-0.05, 0) is 39.8 Å². The van der Waals surface area contributed by atoms with Crippen molar-refractivity contribution in [2.45, 2.75) is 39.9 Å². The maximum absolute atomic E-state index is 11.2. The van der Waals surface area contributed by atoms with Crippen LogP contribution in [0.5, 0.6) is 0 Å². The van der Waals surface area contributed by atoms with E-state index in [1.807, 2.05) is 33.8 Å². The van der Waals surface area contributed by atoms with Crippen LogP contribution in [0.25, 0.3) is 17.0 Å². The summed E-state index contributed by atoms with van der Waals surface area (Å²) in [6.45, 7) is 9.53. The van der Waals surface area contributed by atoms with Gasteiger partial charge in [-0.1, -0.05) is 5.57 Å². The van der Waals surface area contributed by atoms with E-state index in [9.17, 15) is 10.1 Å². The fourth-order valence-corrected chi connectivity index (χ4v) is 3.25. The predicted octanol–water partition coefficient (Wildman–Crippen LogP) is 4.38. The molecule has 0 N–H and O–H groups in total. The summed E-state index contributed by atoms with van der Waals surface area (Å²) in [5, 5.41) is 11.9. The zero-order chi connectivity index (χ0) is 17.4. The molecule has 128 valence electrons. The molecule has 3 rings (SSSR count). The average molecular weight is 330 g/mol. The van der Waals surface area contributed by atoms with Gasteiger partial charge in [-0.25, -0.2) is 0 Å². The number of morpholine rings is 1. The van der Waals surface area contributed by atoms with Crippen LogP contribution in [0.3, 0.4) is 0 Å². The zero-order valence-corrected chi connectivity index (χ0v) is 14.4. The van der Waals surface area contributed by atoms with E-state index in [0.717, 1.165) is 35.5 Å². The maximum Gasteiger partial charge on any atom is 0.270 e. The molecular weight excluding hydrogens is 308 g/mol. The molecule has 6 nitrogen and oxygen atoms in total. The third kappa shape index (κ3) is 3.14. The van der Waals surface area contributed by atoms with Crippen LogP contribution in [0, 0.1) is 10.1 Å². The number of nitro benzene ring substituents is 1. The van der Waals surface area contributed by atoms with Crippen molar-refractivity contribution in [1.82, 2.24) is 0 Å². The molecule has 1 aliphatic heterocycles. The summed E-state index contributed by atoms with van der Waals surface area (Å²) in [5.74, 6) is 0.742. The van der Waals surface area contributed by atoms with Crippen LogP contribution in [0.2, 0.25) is 0 Å². The normalized spacial score (nSPS) is 21.1. The number of allylic oxidation sites excluding steroid dienone is 1. The molecule has 6 heteroatoms. The second-order valence-corrected chi connectivity index (χ2v) is 6.64. The number of nitrogens with zero attached hydrogens (tertiary/aromatic N) is 2. The fourth-order valence-electron chi connectivity index (χ4n) is 3.25. The number of anilines is 1. The van der Waals surface area contributed by atoms with Crippen molar-refractivity contribution in [2.24, 2.45) is 0 Å². The SMILES string of the molecule is CC(C)=Cc1oc2ccc([N+](=O)[O-])cc2c1N1C[C@@H](C)O[C@H](C)C1. The summed E-state index contributed by atoms with van der Waals surface area (Å²) < 4.78 is 11.8. The van der Waals surface area contributed by atoms with E-state index in [1.54, 1.807) is 12.1 Å². The fraction of sp³-hybridized carbons (Fsp3) is 0.444. The van der Waals surface area contributed by atoms with E-state index < -0.39 is 0 Å². The molecule has 0 aliphatic carbocycles. The second-order valence-electron chi connectivity index (χ2n) is 6.64. The Morgan fingerprint density at radius 3 is 2.54 bits per heavy atom. The Bertz CT molecular complexity index is 795. The van der Waals surface area contributed by atoms with Crippen molar-refractivity contribution < 1.29 is 14.1 Å². The molecule has 0 amide bonds. The maximum atomic E-state index is 11.2. The van der Waals surface area contributed by atoms with E-state index in [4.69, 9.17) is 9.15 Å². The first-order valence-electron chi connectivity index (χ1n) is 8.11. The van der Waals surface area contributed by atoms with E-state index in [1.165, 1.54) is 6.07 Å². The van der Waals surface area contributed by atoms with E-state index >= 15 is 0 Å². The van der Waals surface area contributed by atoms with E-state index in [-0.39, 0.29) is 22.8 Å². The molecule has 2 aromatic rings. The highest BCUT2D eigenvalue weighted by atomic mass is 16.6. The van der Waals surface area contributed by atoms with Gasteiger partial charge in [0.2, 0.25) is 0 Å². The number of furan rings is 1. The molecule has 1 aromatic carbocycles. The van der Waals surface area contributed by atoms with Crippen LogP contribution >= 0.6 is 0 Å². The number of ether oxygens (including phenoxy) is 1. The number of non-ortho nitro benzene ring substituents is 1. The molecule has 0 radical (unpaired) electrons.